The number of aliphatic hydroxyl groups is 1. The maximum absolute atomic E-state index is 13.4. The molecule has 0 atom stereocenters. The summed E-state index contributed by atoms with van der Waals surface area (Å²) in [6.45, 7) is 19.4. The Morgan fingerprint density at radius 2 is 1.33 bits per heavy atom. The van der Waals surface area contributed by atoms with Crippen LogP contribution in [0.3, 0.4) is 0 Å². The number of alkyl halides is 3. The third kappa shape index (κ3) is 9.04. The first-order chi connectivity index (χ1) is 23.9. The van der Waals surface area contributed by atoms with Gasteiger partial charge in [0.25, 0.3) is 0 Å². The van der Waals surface area contributed by atoms with Crippen LogP contribution in [0.1, 0.15) is 95.0 Å². The van der Waals surface area contributed by atoms with Crippen LogP contribution in [0.2, 0.25) is 0 Å². The minimum Gasteiger partial charge on any atom is -0.511 e. The van der Waals surface area contributed by atoms with Gasteiger partial charge in [0.1, 0.15) is 5.76 Å². The summed E-state index contributed by atoms with van der Waals surface area (Å²) in [7, 11) is 0. The average molecular weight is 888 g/mol. The van der Waals surface area contributed by atoms with E-state index in [-0.39, 0.29) is 42.1 Å². The normalized spacial score (nSPS) is 12.4. The molecular formula is C45H52F3IrNO2. The van der Waals surface area contributed by atoms with E-state index in [1.54, 1.807) is 18.2 Å². The summed E-state index contributed by atoms with van der Waals surface area (Å²) in [4.78, 5) is 14.8. The number of ketones is 1. The molecule has 0 bridgehead atoms. The molecule has 52 heavy (non-hydrogen) atoms. The molecule has 5 aromatic rings. The molecule has 279 valence electrons. The Morgan fingerprint density at radius 3 is 1.87 bits per heavy atom. The predicted octanol–water partition coefficient (Wildman–Crippen LogP) is 13.4. The van der Waals surface area contributed by atoms with Gasteiger partial charge in [0.05, 0.1) is 17.1 Å². The summed E-state index contributed by atoms with van der Waals surface area (Å²) in [5, 5.41) is 14.4. The number of rotatable bonds is 9. The summed E-state index contributed by atoms with van der Waals surface area (Å²) in [6, 6.07) is 23.0. The van der Waals surface area contributed by atoms with E-state index in [1.807, 2.05) is 51.2 Å². The summed E-state index contributed by atoms with van der Waals surface area (Å²) >= 11 is 0. The number of hydrogen-bond donors (Lipinski definition) is 1. The fourth-order valence-electron chi connectivity index (χ4n) is 6.69. The number of benzene rings is 4. The van der Waals surface area contributed by atoms with Crippen LogP contribution in [0.15, 0.2) is 78.7 Å². The van der Waals surface area contributed by atoms with Crippen LogP contribution >= 0.6 is 0 Å². The van der Waals surface area contributed by atoms with Crippen LogP contribution < -0.4 is 0 Å². The van der Waals surface area contributed by atoms with E-state index < -0.39 is 11.7 Å². The van der Waals surface area contributed by atoms with Gasteiger partial charge in [-0.15, -0.1) is 34.9 Å². The minimum absolute atomic E-state index is 0. The number of carbonyl (C=O) groups excluding carboxylic acids is 1. The molecule has 1 radical (unpaired) electrons. The molecule has 0 saturated carbocycles. The molecule has 0 fully saturated rings. The largest absolute Gasteiger partial charge is 0.511 e. The van der Waals surface area contributed by atoms with E-state index in [0.29, 0.717) is 11.5 Å². The molecule has 7 heteroatoms. The molecule has 0 aliphatic rings. The second-order valence-corrected chi connectivity index (χ2v) is 14.4. The second-order valence-electron chi connectivity index (χ2n) is 14.4. The van der Waals surface area contributed by atoms with Crippen molar-refractivity contribution in [2.24, 2.45) is 10.8 Å². The maximum Gasteiger partial charge on any atom is 0.416 e. The van der Waals surface area contributed by atoms with Crippen molar-refractivity contribution in [2.75, 3.05) is 0 Å². The summed E-state index contributed by atoms with van der Waals surface area (Å²) in [5.41, 5.74) is 5.24. The Balaban J connectivity index is 0.000000347. The SMILES string of the molecule is CCC(C)(CC)C(=[OH+])/C=C(\O)C(C)(CC)CC.Cc1[c-]c(-c2nccc3c2ccc2cc(-c4cc(C)c(C(F)(F)F)c(C)c4)ccc23)cc(C)c1.[Ir]. The standard InChI is InChI=1S/C30H23F3N.C15H28O2.Ir/c1-17-11-18(2)13-24(12-17)29-27-8-6-22-16-21(5-7-25(22)26(27)9-10-34-29)23-14-19(3)28(20(4)15-23)30(31,32)33;1-7-14(5,8-2)12(16)11-13(17)15(6,9-3)10-4;/h5-12,14-16H,1-4H3;11,16H,7-10H2,1-6H3;/q-1;;/p+1/b;12-11-;. The number of aromatic nitrogens is 1. The summed E-state index contributed by atoms with van der Waals surface area (Å²) in [6.07, 6.45) is 2.51. The number of hydrogen-bond acceptors (Lipinski definition) is 2. The van der Waals surface area contributed by atoms with Crippen molar-refractivity contribution in [3.8, 4) is 22.4 Å². The average Bonchev–Trinajstić information content (AvgIpc) is 3.09. The van der Waals surface area contributed by atoms with Crippen LogP contribution in [0, 0.1) is 44.6 Å². The van der Waals surface area contributed by atoms with E-state index in [4.69, 9.17) is 0 Å². The van der Waals surface area contributed by atoms with Gasteiger partial charge in [-0.3, -0.25) is 4.79 Å². The van der Waals surface area contributed by atoms with Crippen molar-refractivity contribution < 1.29 is 43.2 Å². The van der Waals surface area contributed by atoms with E-state index in [2.05, 4.69) is 69.9 Å². The monoisotopic (exact) mass is 888 g/mol. The molecule has 0 spiro atoms. The third-order valence-electron chi connectivity index (χ3n) is 10.9. The molecule has 5 rings (SSSR count). The minimum atomic E-state index is -4.35. The molecular weight excluding hydrogens is 836 g/mol. The molecule has 0 aliphatic carbocycles. The quantitative estimate of drug-likeness (QED) is 0.0527. The zero-order valence-corrected chi connectivity index (χ0v) is 34.5. The second kappa shape index (κ2) is 16.9. The van der Waals surface area contributed by atoms with Crippen LogP contribution in [0.5, 0.6) is 0 Å². The molecule has 0 unspecified atom stereocenters. The van der Waals surface area contributed by atoms with Crippen LogP contribution in [-0.4, -0.2) is 20.7 Å². The van der Waals surface area contributed by atoms with Gasteiger partial charge in [-0.1, -0.05) is 84.9 Å². The number of aryl methyl sites for hydroxylation is 4. The first kappa shape index (κ1) is 42.6. The summed E-state index contributed by atoms with van der Waals surface area (Å²) in [5.74, 6) is 0.598. The molecule has 0 aliphatic heterocycles. The smallest absolute Gasteiger partial charge is 0.416 e. The van der Waals surface area contributed by atoms with Gasteiger partial charge >= 0.3 is 12.0 Å². The zero-order valence-electron chi connectivity index (χ0n) is 32.1. The van der Waals surface area contributed by atoms with E-state index in [0.717, 1.165) is 80.7 Å². The number of allylic oxidation sites excluding steroid dienone is 2. The Kier molecular flexibility index (Phi) is 13.9. The van der Waals surface area contributed by atoms with Crippen LogP contribution in [0.4, 0.5) is 13.2 Å². The Morgan fingerprint density at radius 1 is 0.750 bits per heavy atom. The third-order valence-corrected chi connectivity index (χ3v) is 10.9. The fourth-order valence-corrected chi connectivity index (χ4v) is 6.69. The van der Waals surface area contributed by atoms with Gasteiger partial charge in [0.15, 0.2) is 0 Å². The van der Waals surface area contributed by atoms with E-state index >= 15 is 0 Å². The number of halogens is 3. The molecule has 2 N–H and O–H groups in total. The van der Waals surface area contributed by atoms with Gasteiger partial charge in [-0.05, 0) is 108 Å². The van der Waals surface area contributed by atoms with Crippen molar-refractivity contribution in [3.63, 3.8) is 0 Å². The van der Waals surface area contributed by atoms with Gasteiger partial charge in [0.2, 0.25) is 0 Å². The van der Waals surface area contributed by atoms with Gasteiger partial charge in [-0.2, -0.15) is 13.2 Å². The molecule has 1 aromatic heterocycles. The number of fused-ring (bicyclic) bond motifs is 3. The first-order valence-electron chi connectivity index (χ1n) is 17.9. The fraction of sp³-hybridized carbons (Fsp3) is 0.378. The van der Waals surface area contributed by atoms with Crippen LogP contribution in [-0.2, 0) is 26.3 Å². The zero-order chi connectivity index (χ0) is 37.9. The van der Waals surface area contributed by atoms with Crippen molar-refractivity contribution >= 4 is 27.3 Å². The van der Waals surface area contributed by atoms with E-state index in [1.165, 1.54) is 13.8 Å². The molecule has 0 saturated heterocycles. The van der Waals surface area contributed by atoms with Crippen molar-refractivity contribution in [2.45, 2.75) is 101 Å². The van der Waals surface area contributed by atoms with Crippen molar-refractivity contribution in [3.05, 3.63) is 113 Å². The predicted molar refractivity (Wildman–Crippen MR) is 208 cm³/mol. The number of pyridine rings is 1. The van der Waals surface area contributed by atoms with E-state index in [9.17, 15) is 23.1 Å². The molecule has 4 aromatic carbocycles. The van der Waals surface area contributed by atoms with Gasteiger partial charge < -0.3 is 10.1 Å². The first-order valence-corrected chi connectivity index (χ1v) is 17.9. The molecule has 1 heterocycles. The van der Waals surface area contributed by atoms with Gasteiger partial charge in [-0.25, -0.2) is 0 Å². The number of nitrogens with zero attached hydrogens (tertiary/aromatic N) is 1. The Hall–Kier alpha value is -3.80. The molecule has 3 nitrogen and oxygen atoms in total. The van der Waals surface area contributed by atoms with Crippen molar-refractivity contribution in [1.82, 2.24) is 4.98 Å². The maximum atomic E-state index is 13.4. The number of aliphatic hydroxyl groups excluding tert-OH is 1. The Labute approximate surface area is 321 Å². The van der Waals surface area contributed by atoms with Crippen LogP contribution in [0.25, 0.3) is 43.9 Å². The Bertz CT molecular complexity index is 2050. The summed E-state index contributed by atoms with van der Waals surface area (Å²) < 4.78 is 40.2. The topological polar surface area (TPSA) is 54.5 Å². The van der Waals surface area contributed by atoms with Crippen molar-refractivity contribution in [1.29, 1.82) is 0 Å². The molecule has 0 amide bonds. The van der Waals surface area contributed by atoms with Gasteiger partial charge in [0, 0.05) is 31.7 Å².